The number of carbonyl (C=O) groups is 1. The number of nitrogens with zero attached hydrogens (tertiary/aromatic N) is 3. The lowest BCUT2D eigenvalue weighted by molar-refractivity contribution is 0.0783. The number of carboxylic acid groups (broad SMARTS) is 1. The van der Waals surface area contributed by atoms with E-state index in [0.29, 0.717) is 15.6 Å². The van der Waals surface area contributed by atoms with Crippen LogP contribution in [0.15, 0.2) is 24.5 Å². The molecule has 1 aromatic carbocycles. The summed E-state index contributed by atoms with van der Waals surface area (Å²) in [5, 5.41) is 27.7. The van der Waals surface area contributed by atoms with E-state index < -0.39 is 17.7 Å². The van der Waals surface area contributed by atoms with Gasteiger partial charge in [-0.25, -0.2) is 14.5 Å². The predicted molar refractivity (Wildman–Crippen MR) is 118 cm³/mol. The van der Waals surface area contributed by atoms with Crippen molar-refractivity contribution in [1.82, 2.24) is 20.1 Å². The third kappa shape index (κ3) is 3.64. The van der Waals surface area contributed by atoms with E-state index in [1.165, 1.54) is 52.1 Å². The first-order chi connectivity index (χ1) is 14.8. The second-order valence-electron chi connectivity index (χ2n) is 8.90. The van der Waals surface area contributed by atoms with Gasteiger partial charge in [-0.15, -0.1) is 11.3 Å². The Morgan fingerprint density at radius 3 is 2.45 bits per heavy atom. The van der Waals surface area contributed by atoms with Crippen LogP contribution < -0.4 is 5.32 Å². The fraction of sp³-hybridized carbons (Fsp3) is 0.435. The fourth-order valence-electron chi connectivity index (χ4n) is 4.80. The van der Waals surface area contributed by atoms with Gasteiger partial charge >= 0.3 is 6.09 Å². The van der Waals surface area contributed by atoms with Gasteiger partial charge in [0.25, 0.3) is 0 Å². The fourth-order valence-corrected chi connectivity index (χ4v) is 5.78. The average molecular weight is 439 g/mol. The Balaban J connectivity index is 1.56. The lowest BCUT2D eigenvalue weighted by Gasteiger charge is -2.16. The maximum atomic E-state index is 11.5. The molecular formula is C23H26N4O3S. The van der Waals surface area contributed by atoms with Crippen LogP contribution in [0.4, 0.5) is 4.79 Å². The van der Waals surface area contributed by atoms with Crippen LogP contribution in [-0.4, -0.2) is 31.1 Å². The van der Waals surface area contributed by atoms with Crippen LogP contribution in [0.1, 0.15) is 70.6 Å². The van der Waals surface area contributed by atoms with Gasteiger partial charge in [-0.3, -0.25) is 0 Å². The first-order valence-electron chi connectivity index (χ1n) is 10.7. The first-order valence-corrected chi connectivity index (χ1v) is 11.5. The van der Waals surface area contributed by atoms with E-state index >= 15 is 0 Å². The van der Waals surface area contributed by atoms with Gasteiger partial charge in [0, 0.05) is 12.4 Å². The van der Waals surface area contributed by atoms with Crippen molar-refractivity contribution in [3.8, 4) is 5.69 Å². The molecule has 7 nitrogen and oxygen atoms in total. The molecule has 0 saturated carbocycles. The molecule has 31 heavy (non-hydrogen) atoms. The molecule has 2 aliphatic carbocycles. The van der Waals surface area contributed by atoms with Crippen molar-refractivity contribution in [3.63, 3.8) is 0 Å². The van der Waals surface area contributed by atoms with Crippen LogP contribution in [0.3, 0.4) is 0 Å². The third-order valence-electron chi connectivity index (χ3n) is 6.18. The molecule has 0 bridgehead atoms. The molecule has 2 heterocycles. The van der Waals surface area contributed by atoms with E-state index in [2.05, 4.69) is 16.4 Å². The second-order valence-corrected chi connectivity index (χ2v) is 9.96. The van der Waals surface area contributed by atoms with Crippen molar-refractivity contribution in [2.24, 2.45) is 0 Å². The number of hydrogen-bond donors (Lipinski definition) is 3. The summed E-state index contributed by atoms with van der Waals surface area (Å²) in [5.41, 5.74) is 6.39. The number of amides is 1. The second kappa shape index (κ2) is 7.46. The Morgan fingerprint density at radius 2 is 1.87 bits per heavy atom. The molecule has 3 aromatic rings. The third-order valence-corrected chi connectivity index (χ3v) is 7.55. The summed E-state index contributed by atoms with van der Waals surface area (Å²) in [4.78, 5) is 16.5. The van der Waals surface area contributed by atoms with E-state index in [-0.39, 0.29) is 0 Å². The summed E-state index contributed by atoms with van der Waals surface area (Å²) < 4.78 is 1.94. The molecule has 1 amide bonds. The lowest BCUT2D eigenvalue weighted by atomic mass is 9.99. The van der Waals surface area contributed by atoms with Gasteiger partial charge in [0.1, 0.15) is 16.7 Å². The first kappa shape index (κ1) is 20.2. The number of hydrogen-bond acceptors (Lipinski definition) is 5. The highest BCUT2D eigenvalue weighted by molar-refractivity contribution is 7.11. The Kier molecular flexibility index (Phi) is 4.86. The van der Waals surface area contributed by atoms with Crippen LogP contribution in [0.2, 0.25) is 0 Å². The van der Waals surface area contributed by atoms with Crippen molar-refractivity contribution in [1.29, 1.82) is 0 Å². The maximum absolute atomic E-state index is 11.5. The van der Waals surface area contributed by atoms with Crippen molar-refractivity contribution < 1.29 is 15.0 Å². The maximum Gasteiger partial charge on any atom is 0.405 e. The van der Waals surface area contributed by atoms with Crippen molar-refractivity contribution in [3.05, 3.63) is 62.4 Å². The molecule has 0 aliphatic heterocycles. The molecule has 0 fully saturated rings. The predicted octanol–water partition coefficient (Wildman–Crippen LogP) is 3.89. The number of rotatable bonds is 5. The largest absolute Gasteiger partial charge is 0.465 e. The van der Waals surface area contributed by atoms with Gasteiger partial charge in [-0.05, 0) is 80.7 Å². The smallest absolute Gasteiger partial charge is 0.405 e. The van der Waals surface area contributed by atoms with Gasteiger partial charge in [0.15, 0.2) is 0 Å². The molecule has 1 atom stereocenters. The number of fused-ring (bicyclic) bond motifs is 2. The minimum Gasteiger partial charge on any atom is -0.465 e. The topological polar surface area (TPSA) is 100 Å². The molecular weight excluding hydrogens is 412 g/mol. The van der Waals surface area contributed by atoms with Crippen molar-refractivity contribution in [2.45, 2.75) is 64.0 Å². The van der Waals surface area contributed by atoms with Crippen LogP contribution >= 0.6 is 11.3 Å². The van der Waals surface area contributed by atoms with Crippen LogP contribution in [0.5, 0.6) is 0 Å². The molecule has 5 rings (SSSR count). The van der Waals surface area contributed by atoms with Gasteiger partial charge < -0.3 is 15.5 Å². The van der Waals surface area contributed by atoms with Gasteiger partial charge in [-0.1, -0.05) is 6.07 Å². The highest BCUT2D eigenvalue weighted by atomic mass is 32.1. The number of thiazole rings is 1. The Morgan fingerprint density at radius 1 is 1.19 bits per heavy atom. The lowest BCUT2D eigenvalue weighted by Crippen LogP contribution is -2.27. The zero-order valence-electron chi connectivity index (χ0n) is 17.7. The molecule has 0 saturated heterocycles. The number of aromatic nitrogens is 3. The molecule has 8 heteroatoms. The molecule has 162 valence electrons. The summed E-state index contributed by atoms with van der Waals surface area (Å²) in [7, 11) is 0. The Hall–Kier alpha value is -2.71. The monoisotopic (exact) mass is 438 g/mol. The number of aliphatic hydroxyl groups is 1. The Bertz CT molecular complexity index is 1130. The summed E-state index contributed by atoms with van der Waals surface area (Å²) >= 11 is 1.29. The van der Waals surface area contributed by atoms with Gasteiger partial charge in [0.05, 0.1) is 16.3 Å². The molecule has 2 aliphatic rings. The molecule has 0 radical (unpaired) electrons. The molecule has 2 aromatic heterocycles. The minimum atomic E-state index is -1.13. The number of benzene rings is 1. The Labute approximate surface area is 184 Å². The van der Waals surface area contributed by atoms with E-state index in [9.17, 15) is 15.0 Å². The van der Waals surface area contributed by atoms with E-state index in [1.54, 1.807) is 20.0 Å². The molecule has 0 unspecified atom stereocenters. The SMILES string of the molecule is CC(C)(O)c1ncc([C@@H](NC(=O)O)c2ccn(-c3c4c(cc5c3CCC5)CCC4)n2)s1. The van der Waals surface area contributed by atoms with Crippen LogP contribution in [0, 0.1) is 0 Å². The minimum absolute atomic E-state index is 0.540. The van der Waals surface area contributed by atoms with E-state index in [1.807, 2.05) is 16.9 Å². The van der Waals surface area contributed by atoms with Crippen LogP contribution in [-0.2, 0) is 31.3 Å². The normalized spacial score (nSPS) is 16.2. The highest BCUT2D eigenvalue weighted by Crippen LogP contribution is 2.38. The quantitative estimate of drug-likeness (QED) is 0.561. The molecule has 3 N–H and O–H groups in total. The summed E-state index contributed by atoms with van der Waals surface area (Å²) in [6.07, 6.45) is 9.14. The number of aryl methyl sites for hydroxylation is 2. The highest BCUT2D eigenvalue weighted by Gasteiger charge is 2.28. The summed E-state index contributed by atoms with van der Waals surface area (Å²) in [6, 6.07) is 3.62. The average Bonchev–Trinajstić information content (AvgIpc) is 3.50. The van der Waals surface area contributed by atoms with E-state index in [0.717, 1.165) is 25.7 Å². The van der Waals surface area contributed by atoms with Crippen LogP contribution in [0.25, 0.3) is 5.69 Å². The zero-order valence-corrected chi connectivity index (χ0v) is 18.5. The van der Waals surface area contributed by atoms with Gasteiger partial charge in [-0.2, -0.15) is 5.10 Å². The van der Waals surface area contributed by atoms with Crippen molar-refractivity contribution >= 4 is 17.4 Å². The summed E-state index contributed by atoms with van der Waals surface area (Å²) in [6.45, 7) is 3.33. The van der Waals surface area contributed by atoms with Crippen molar-refractivity contribution in [2.75, 3.05) is 0 Å². The van der Waals surface area contributed by atoms with Gasteiger partial charge in [0.2, 0.25) is 0 Å². The van der Waals surface area contributed by atoms with E-state index in [4.69, 9.17) is 5.10 Å². The number of nitrogens with one attached hydrogen (secondary N) is 1. The molecule has 0 spiro atoms. The summed E-state index contributed by atoms with van der Waals surface area (Å²) in [5.74, 6) is 0. The zero-order chi connectivity index (χ0) is 21.8. The standard InChI is InChI=1S/C23H26N4O3S/c1-23(2,30)21-24-12-18(31-21)19(25-22(28)29)17-9-10-27(26-17)20-15-7-3-5-13(15)11-14-6-4-8-16(14)20/h9-12,19,25,30H,3-8H2,1-2H3,(H,28,29)/t19-/m0/s1.